The van der Waals surface area contributed by atoms with Crippen LogP contribution in [0.15, 0.2) is 0 Å². The zero-order valence-corrected chi connectivity index (χ0v) is 6.28. The van der Waals surface area contributed by atoms with Gasteiger partial charge in [-0.2, -0.15) is 0 Å². The van der Waals surface area contributed by atoms with Crippen molar-refractivity contribution in [3.05, 3.63) is 0 Å². The van der Waals surface area contributed by atoms with Gasteiger partial charge in [0.15, 0.2) is 0 Å². The summed E-state index contributed by atoms with van der Waals surface area (Å²) >= 11 is 0. The molecule has 4 N–H and O–H groups in total. The van der Waals surface area contributed by atoms with Crippen molar-refractivity contribution in [2.75, 3.05) is 13.3 Å². The molecule has 0 fully saturated rings. The third kappa shape index (κ3) is 4.31. The number of carbonyl (C=O) groups is 1. The van der Waals surface area contributed by atoms with E-state index in [0.717, 1.165) is 4.90 Å². The van der Waals surface area contributed by atoms with E-state index in [1.54, 1.807) is 0 Å². The summed E-state index contributed by atoms with van der Waals surface area (Å²) in [5, 5.41) is 0. The van der Waals surface area contributed by atoms with Gasteiger partial charge in [-0.25, -0.2) is 4.79 Å². The molecule has 0 aromatic carbocycles. The maximum absolute atomic E-state index is 10.2. The van der Waals surface area contributed by atoms with Crippen molar-refractivity contribution in [1.29, 1.82) is 0 Å². The maximum Gasteiger partial charge on any atom is 0.344 e. The van der Waals surface area contributed by atoms with Gasteiger partial charge in [0.25, 0.3) is 0 Å². The molecule has 0 aliphatic heterocycles. The summed E-state index contributed by atoms with van der Waals surface area (Å²) in [5.41, 5.74) is 4.69. The highest BCUT2D eigenvalue weighted by Crippen LogP contribution is 2.34. The van der Waals surface area contributed by atoms with Crippen molar-refractivity contribution >= 4 is 13.6 Å². The normalized spacial score (nSPS) is 11.1. The van der Waals surface area contributed by atoms with Crippen molar-refractivity contribution in [2.45, 2.75) is 0 Å². The minimum absolute atomic E-state index is 0.637. The highest BCUT2D eigenvalue weighted by Gasteiger charge is 2.17. The molecule has 0 unspecified atom stereocenters. The number of amides is 2. The lowest BCUT2D eigenvalue weighted by molar-refractivity contribution is 0.220. The predicted molar refractivity (Wildman–Crippen MR) is 34.3 cm³/mol. The molecule has 7 heteroatoms. The molecule has 0 rings (SSSR count). The van der Waals surface area contributed by atoms with Crippen molar-refractivity contribution in [3.63, 3.8) is 0 Å². The van der Waals surface area contributed by atoms with E-state index in [1.165, 1.54) is 7.05 Å². The molecule has 0 heterocycles. The number of hydrogen-bond acceptors (Lipinski definition) is 2. The molecule has 0 aromatic rings. The van der Waals surface area contributed by atoms with Crippen molar-refractivity contribution in [1.82, 2.24) is 4.90 Å². The van der Waals surface area contributed by atoms with E-state index in [2.05, 4.69) is 5.73 Å². The quantitative estimate of drug-likeness (QED) is 0.466. The Morgan fingerprint density at radius 1 is 1.70 bits per heavy atom. The Hall–Kier alpha value is -0.580. The van der Waals surface area contributed by atoms with Gasteiger partial charge in [0.2, 0.25) is 0 Å². The number of urea groups is 1. The van der Waals surface area contributed by atoms with Crippen LogP contribution in [0.4, 0.5) is 4.79 Å². The van der Waals surface area contributed by atoms with E-state index < -0.39 is 19.9 Å². The molecule has 0 aliphatic carbocycles. The highest BCUT2D eigenvalue weighted by atomic mass is 31.2. The molecule has 0 saturated heterocycles. The maximum atomic E-state index is 10.2. The number of carbonyl (C=O) groups excluding carboxylic acids is 1. The smallest absolute Gasteiger partial charge is 0.344 e. The van der Waals surface area contributed by atoms with Crippen LogP contribution in [-0.4, -0.2) is 34.1 Å². The molecule has 6 nitrogen and oxygen atoms in total. The molecule has 2 amide bonds. The van der Waals surface area contributed by atoms with Crippen LogP contribution >= 0.6 is 7.60 Å². The van der Waals surface area contributed by atoms with Crippen molar-refractivity contribution < 1.29 is 19.1 Å². The number of hydrogen-bond donors (Lipinski definition) is 3. The topological polar surface area (TPSA) is 104 Å². The van der Waals surface area contributed by atoms with Gasteiger partial charge in [-0.15, -0.1) is 0 Å². The average Bonchev–Trinajstić information content (AvgIpc) is 1.60. The minimum Gasteiger partial charge on any atom is -0.351 e. The first-order valence-corrected chi connectivity index (χ1v) is 4.18. The predicted octanol–water partition coefficient (Wildman–Crippen LogP) is -0.868. The van der Waals surface area contributed by atoms with Gasteiger partial charge in [-0.3, -0.25) is 4.57 Å². The lowest BCUT2D eigenvalue weighted by atomic mass is 10.9. The van der Waals surface area contributed by atoms with E-state index in [9.17, 15) is 9.36 Å². The van der Waals surface area contributed by atoms with Gasteiger partial charge >= 0.3 is 13.6 Å². The lowest BCUT2D eigenvalue weighted by Crippen LogP contribution is -2.32. The fourth-order valence-electron chi connectivity index (χ4n) is 0.346. The van der Waals surface area contributed by atoms with Gasteiger partial charge in [0.1, 0.15) is 6.29 Å². The summed E-state index contributed by atoms with van der Waals surface area (Å²) < 4.78 is 10.2. The zero-order chi connectivity index (χ0) is 8.36. The van der Waals surface area contributed by atoms with E-state index in [4.69, 9.17) is 9.79 Å². The second-order valence-corrected chi connectivity index (χ2v) is 3.45. The fraction of sp³-hybridized carbons (Fsp3) is 0.667. The molecular formula is C3H9N2O4P. The number of rotatable bonds is 2. The summed E-state index contributed by atoms with van der Waals surface area (Å²) in [6, 6.07) is -0.858. The molecule has 0 atom stereocenters. The van der Waals surface area contributed by atoms with Crippen LogP contribution in [-0.2, 0) is 4.57 Å². The third-order valence-corrected chi connectivity index (χ3v) is 1.57. The summed E-state index contributed by atoms with van der Waals surface area (Å²) in [5.74, 6) is 0. The van der Waals surface area contributed by atoms with Crippen LogP contribution in [0.1, 0.15) is 0 Å². The van der Waals surface area contributed by atoms with Crippen LogP contribution in [0.5, 0.6) is 0 Å². The zero-order valence-electron chi connectivity index (χ0n) is 5.39. The van der Waals surface area contributed by atoms with Gasteiger partial charge in [-0.05, 0) is 0 Å². The van der Waals surface area contributed by atoms with E-state index in [-0.39, 0.29) is 0 Å². The average molecular weight is 168 g/mol. The monoisotopic (exact) mass is 168 g/mol. The Bertz CT molecular complexity index is 175. The van der Waals surface area contributed by atoms with Crippen molar-refractivity contribution in [3.8, 4) is 0 Å². The SMILES string of the molecule is CN(CP(=O)(O)O)C(N)=O. The molecule has 60 valence electrons. The second-order valence-electron chi connectivity index (χ2n) is 1.84. The molecular weight excluding hydrogens is 159 g/mol. The van der Waals surface area contributed by atoms with Crippen LogP contribution in [0.2, 0.25) is 0 Å². The summed E-state index contributed by atoms with van der Waals surface area (Å²) in [6.45, 7) is 0. The first kappa shape index (κ1) is 9.42. The van der Waals surface area contributed by atoms with Crippen LogP contribution in [0.25, 0.3) is 0 Å². The molecule has 0 saturated carbocycles. The fourth-order valence-corrected chi connectivity index (χ4v) is 1.04. The molecule has 0 bridgehead atoms. The van der Waals surface area contributed by atoms with Crippen LogP contribution < -0.4 is 5.73 Å². The Balaban J connectivity index is 3.93. The largest absolute Gasteiger partial charge is 0.351 e. The summed E-state index contributed by atoms with van der Waals surface area (Å²) in [7, 11) is -2.94. The highest BCUT2D eigenvalue weighted by molar-refractivity contribution is 7.51. The second kappa shape index (κ2) is 3.01. The van der Waals surface area contributed by atoms with Crippen LogP contribution in [0.3, 0.4) is 0 Å². The lowest BCUT2D eigenvalue weighted by Gasteiger charge is -2.13. The van der Waals surface area contributed by atoms with Crippen LogP contribution in [0, 0.1) is 0 Å². The Labute approximate surface area is 57.8 Å². The molecule has 10 heavy (non-hydrogen) atoms. The number of primary amides is 1. The molecule has 0 spiro atoms. The van der Waals surface area contributed by atoms with E-state index in [1.807, 2.05) is 0 Å². The van der Waals surface area contributed by atoms with E-state index in [0.29, 0.717) is 0 Å². The Morgan fingerprint density at radius 2 is 2.10 bits per heavy atom. The number of nitrogens with two attached hydrogens (primary N) is 1. The molecule has 0 aliphatic rings. The molecule has 0 aromatic heterocycles. The minimum atomic E-state index is -4.15. The summed E-state index contributed by atoms with van der Waals surface area (Å²) in [4.78, 5) is 27.5. The first-order chi connectivity index (χ1) is 4.33. The van der Waals surface area contributed by atoms with Crippen molar-refractivity contribution in [2.24, 2.45) is 5.73 Å². The van der Waals surface area contributed by atoms with Gasteiger partial charge in [0.05, 0.1) is 0 Å². The first-order valence-electron chi connectivity index (χ1n) is 2.38. The van der Waals surface area contributed by atoms with Gasteiger partial charge in [-0.1, -0.05) is 0 Å². The van der Waals surface area contributed by atoms with Gasteiger partial charge in [0, 0.05) is 7.05 Å². The number of nitrogens with zero attached hydrogens (tertiary/aromatic N) is 1. The molecule has 0 radical (unpaired) electrons. The Morgan fingerprint density at radius 3 is 2.20 bits per heavy atom. The Kier molecular flexibility index (Phi) is 2.83. The third-order valence-electron chi connectivity index (χ3n) is 0.773. The summed E-state index contributed by atoms with van der Waals surface area (Å²) in [6.07, 6.45) is -0.637. The van der Waals surface area contributed by atoms with Gasteiger partial charge < -0.3 is 20.4 Å². The standard InChI is InChI=1S/C3H9N2O4P/c1-5(3(4)6)2-10(7,8)9/h2H2,1H3,(H2,4,6)(H2,7,8,9). The van der Waals surface area contributed by atoms with E-state index >= 15 is 0 Å².